The van der Waals surface area contributed by atoms with Crippen LogP contribution in [-0.4, -0.2) is 55.1 Å². The lowest BCUT2D eigenvalue weighted by atomic mass is 9.84. The highest BCUT2D eigenvalue weighted by Crippen LogP contribution is 2.41. The van der Waals surface area contributed by atoms with Crippen molar-refractivity contribution < 1.29 is 9.47 Å². The van der Waals surface area contributed by atoms with E-state index in [2.05, 4.69) is 24.1 Å². The van der Waals surface area contributed by atoms with Crippen LogP contribution in [0.15, 0.2) is 0 Å². The van der Waals surface area contributed by atoms with Crippen molar-refractivity contribution in [3.05, 3.63) is 0 Å². The van der Waals surface area contributed by atoms with Gasteiger partial charge >= 0.3 is 0 Å². The molecule has 2 aliphatic carbocycles. The van der Waals surface area contributed by atoms with E-state index in [1.807, 2.05) is 0 Å². The SMILES string of the molecule is CCCCN(C1CC1)C1CC2(CCC1NCC)OCCO2. The second-order valence-electron chi connectivity index (χ2n) is 6.90. The third-order valence-corrected chi connectivity index (χ3v) is 5.31. The van der Waals surface area contributed by atoms with Gasteiger partial charge in [-0.3, -0.25) is 4.90 Å². The topological polar surface area (TPSA) is 33.7 Å². The summed E-state index contributed by atoms with van der Waals surface area (Å²) in [4.78, 5) is 2.78. The number of hydrogen-bond acceptors (Lipinski definition) is 4. The fraction of sp³-hybridized carbons (Fsp3) is 1.00. The predicted octanol–water partition coefficient (Wildman–Crippen LogP) is 2.52. The first-order chi connectivity index (χ1) is 10.3. The van der Waals surface area contributed by atoms with Crippen molar-refractivity contribution in [3.8, 4) is 0 Å². The van der Waals surface area contributed by atoms with E-state index in [9.17, 15) is 0 Å². The van der Waals surface area contributed by atoms with E-state index in [-0.39, 0.29) is 5.79 Å². The van der Waals surface area contributed by atoms with Gasteiger partial charge in [-0.25, -0.2) is 0 Å². The van der Waals surface area contributed by atoms with Crippen LogP contribution in [0.2, 0.25) is 0 Å². The molecule has 0 aromatic heterocycles. The van der Waals surface area contributed by atoms with Gasteiger partial charge in [0.25, 0.3) is 0 Å². The van der Waals surface area contributed by atoms with Crippen LogP contribution in [0.5, 0.6) is 0 Å². The third kappa shape index (κ3) is 3.61. The largest absolute Gasteiger partial charge is 0.347 e. The Morgan fingerprint density at radius 1 is 1.14 bits per heavy atom. The van der Waals surface area contributed by atoms with Crippen molar-refractivity contribution in [3.63, 3.8) is 0 Å². The fourth-order valence-electron chi connectivity index (χ4n) is 4.10. The lowest BCUT2D eigenvalue weighted by molar-refractivity contribution is -0.194. The molecular weight excluding hydrogens is 264 g/mol. The fourth-order valence-corrected chi connectivity index (χ4v) is 4.10. The van der Waals surface area contributed by atoms with Gasteiger partial charge in [0, 0.05) is 31.0 Å². The predicted molar refractivity (Wildman–Crippen MR) is 84.4 cm³/mol. The summed E-state index contributed by atoms with van der Waals surface area (Å²) in [6.07, 6.45) is 8.62. The van der Waals surface area contributed by atoms with Crippen LogP contribution in [0.3, 0.4) is 0 Å². The molecule has 2 atom stereocenters. The number of rotatable bonds is 7. The Balaban J connectivity index is 1.71. The molecule has 0 aromatic rings. The van der Waals surface area contributed by atoms with Gasteiger partial charge in [-0.1, -0.05) is 20.3 Å². The number of likely N-dealkylation sites (N-methyl/N-ethyl adjacent to an activating group) is 1. The second-order valence-corrected chi connectivity index (χ2v) is 6.90. The first-order valence-electron chi connectivity index (χ1n) is 9.05. The van der Waals surface area contributed by atoms with Crippen LogP contribution in [0.4, 0.5) is 0 Å². The molecule has 0 aromatic carbocycles. The van der Waals surface area contributed by atoms with E-state index < -0.39 is 0 Å². The minimum Gasteiger partial charge on any atom is -0.347 e. The number of hydrogen-bond donors (Lipinski definition) is 1. The Bertz CT molecular complexity index is 327. The summed E-state index contributed by atoms with van der Waals surface area (Å²) in [7, 11) is 0. The summed E-state index contributed by atoms with van der Waals surface area (Å²) in [5.41, 5.74) is 0. The first kappa shape index (κ1) is 15.7. The van der Waals surface area contributed by atoms with E-state index in [0.717, 1.165) is 38.6 Å². The molecule has 1 aliphatic heterocycles. The van der Waals surface area contributed by atoms with E-state index in [0.29, 0.717) is 12.1 Å². The zero-order valence-electron chi connectivity index (χ0n) is 13.8. The van der Waals surface area contributed by atoms with Crippen LogP contribution < -0.4 is 5.32 Å². The van der Waals surface area contributed by atoms with Crippen LogP contribution in [0, 0.1) is 0 Å². The first-order valence-corrected chi connectivity index (χ1v) is 9.05. The van der Waals surface area contributed by atoms with E-state index >= 15 is 0 Å². The van der Waals surface area contributed by atoms with E-state index in [1.54, 1.807) is 0 Å². The molecule has 3 aliphatic rings. The van der Waals surface area contributed by atoms with Crippen molar-refractivity contribution in [2.45, 2.75) is 82.7 Å². The molecule has 21 heavy (non-hydrogen) atoms. The Kier molecular flexibility index (Phi) is 5.20. The monoisotopic (exact) mass is 296 g/mol. The molecule has 1 spiro atoms. The Morgan fingerprint density at radius 3 is 2.52 bits per heavy atom. The molecule has 4 heteroatoms. The summed E-state index contributed by atoms with van der Waals surface area (Å²) in [6.45, 7) is 8.36. The van der Waals surface area contributed by atoms with Gasteiger partial charge in [0.2, 0.25) is 0 Å². The zero-order chi connectivity index (χ0) is 14.7. The minimum absolute atomic E-state index is 0.268. The van der Waals surface area contributed by atoms with Crippen LogP contribution in [0.1, 0.15) is 58.8 Å². The molecule has 0 bridgehead atoms. The molecule has 3 fully saturated rings. The molecule has 2 saturated carbocycles. The maximum Gasteiger partial charge on any atom is 0.170 e. The summed E-state index contributed by atoms with van der Waals surface area (Å²) in [5, 5.41) is 3.73. The molecule has 4 nitrogen and oxygen atoms in total. The third-order valence-electron chi connectivity index (χ3n) is 5.31. The van der Waals surface area contributed by atoms with E-state index in [1.165, 1.54) is 38.6 Å². The standard InChI is InChI=1S/C17H32N2O2/c1-3-5-10-19(14-6-7-14)16-13-17(20-11-12-21-17)9-8-15(16)18-4-2/h14-16,18H,3-13H2,1-2H3. The highest BCUT2D eigenvalue weighted by Gasteiger charge is 2.48. The van der Waals surface area contributed by atoms with Gasteiger partial charge in [-0.15, -0.1) is 0 Å². The maximum atomic E-state index is 6.02. The molecule has 3 rings (SSSR count). The molecule has 0 radical (unpaired) electrons. The lowest BCUT2D eigenvalue weighted by Gasteiger charge is -2.46. The smallest absolute Gasteiger partial charge is 0.170 e. The Labute approximate surface area is 129 Å². The van der Waals surface area contributed by atoms with Crippen molar-refractivity contribution in [2.75, 3.05) is 26.3 Å². The molecule has 122 valence electrons. The van der Waals surface area contributed by atoms with Gasteiger partial charge < -0.3 is 14.8 Å². The molecule has 1 N–H and O–H groups in total. The highest BCUT2D eigenvalue weighted by molar-refractivity contribution is 5.00. The molecular formula is C17H32N2O2. The maximum absolute atomic E-state index is 6.02. The average molecular weight is 296 g/mol. The quantitative estimate of drug-likeness (QED) is 0.783. The molecule has 1 saturated heterocycles. The Morgan fingerprint density at radius 2 is 1.90 bits per heavy atom. The molecule has 1 heterocycles. The van der Waals surface area contributed by atoms with Crippen LogP contribution >= 0.6 is 0 Å². The number of ether oxygens (including phenoxy) is 2. The number of nitrogens with zero attached hydrogens (tertiary/aromatic N) is 1. The Hall–Kier alpha value is -0.160. The summed E-state index contributed by atoms with van der Waals surface area (Å²) >= 11 is 0. The zero-order valence-corrected chi connectivity index (χ0v) is 13.8. The number of unbranched alkanes of at least 4 members (excludes halogenated alkanes) is 1. The van der Waals surface area contributed by atoms with Crippen molar-refractivity contribution >= 4 is 0 Å². The van der Waals surface area contributed by atoms with Gasteiger partial charge in [0.1, 0.15) is 0 Å². The van der Waals surface area contributed by atoms with Crippen molar-refractivity contribution in [2.24, 2.45) is 0 Å². The van der Waals surface area contributed by atoms with E-state index in [4.69, 9.17) is 9.47 Å². The number of nitrogens with one attached hydrogen (secondary N) is 1. The van der Waals surface area contributed by atoms with Gasteiger partial charge in [0.05, 0.1) is 13.2 Å². The summed E-state index contributed by atoms with van der Waals surface area (Å²) in [5.74, 6) is -0.268. The molecule has 0 amide bonds. The van der Waals surface area contributed by atoms with Crippen molar-refractivity contribution in [1.29, 1.82) is 0 Å². The van der Waals surface area contributed by atoms with Gasteiger partial charge in [0.15, 0.2) is 5.79 Å². The average Bonchev–Trinajstić information content (AvgIpc) is 3.23. The summed E-state index contributed by atoms with van der Waals surface area (Å²) < 4.78 is 12.0. The van der Waals surface area contributed by atoms with Gasteiger partial charge in [-0.2, -0.15) is 0 Å². The summed E-state index contributed by atoms with van der Waals surface area (Å²) in [6, 6.07) is 2.00. The highest BCUT2D eigenvalue weighted by atomic mass is 16.7. The second kappa shape index (κ2) is 6.95. The van der Waals surface area contributed by atoms with Crippen molar-refractivity contribution in [1.82, 2.24) is 10.2 Å². The minimum atomic E-state index is -0.268. The van der Waals surface area contributed by atoms with Crippen LogP contribution in [0.25, 0.3) is 0 Å². The van der Waals surface area contributed by atoms with Crippen LogP contribution in [-0.2, 0) is 9.47 Å². The molecule has 2 unspecified atom stereocenters. The van der Waals surface area contributed by atoms with Gasteiger partial charge in [-0.05, 0) is 38.8 Å². The lowest BCUT2D eigenvalue weighted by Crippen LogP contribution is -2.58. The normalized spacial score (nSPS) is 32.1.